The van der Waals surface area contributed by atoms with E-state index in [1.165, 1.54) is 12.0 Å². The summed E-state index contributed by atoms with van der Waals surface area (Å²) in [5, 5.41) is 0. The molecule has 4 nitrogen and oxygen atoms in total. The van der Waals surface area contributed by atoms with E-state index in [1.807, 2.05) is 31.3 Å². The Hall–Kier alpha value is -2.46. The number of aryl methyl sites for hydroxylation is 1. The van der Waals surface area contributed by atoms with Gasteiger partial charge in [0.1, 0.15) is 5.65 Å². The molecule has 0 amide bonds. The van der Waals surface area contributed by atoms with Crippen LogP contribution in [0.15, 0.2) is 59.5 Å². The van der Waals surface area contributed by atoms with Crippen molar-refractivity contribution >= 4 is 5.65 Å². The smallest absolute Gasteiger partial charge is 0.262 e. The normalized spacial score (nSPS) is 25.9. The Balaban J connectivity index is 1.42. The number of hydrogen-bond acceptors (Lipinski definition) is 3. The predicted octanol–water partition coefficient (Wildman–Crippen LogP) is 3.80. The van der Waals surface area contributed by atoms with Crippen LogP contribution in [0.4, 0.5) is 0 Å². The molecule has 1 saturated carbocycles. The second-order valence-electron chi connectivity index (χ2n) is 8.15. The van der Waals surface area contributed by atoms with Gasteiger partial charge in [-0.25, -0.2) is 4.98 Å². The van der Waals surface area contributed by atoms with Crippen LogP contribution in [-0.4, -0.2) is 27.4 Å². The number of likely N-dealkylation sites (tertiary alicyclic amines) is 1. The Labute approximate surface area is 159 Å². The fraction of sp³-hybridized carbons (Fsp3) is 0.391. The zero-order valence-corrected chi connectivity index (χ0v) is 15.9. The molecule has 0 bridgehead atoms. The molecule has 4 atom stereocenters. The van der Waals surface area contributed by atoms with E-state index in [0.29, 0.717) is 11.8 Å². The van der Waals surface area contributed by atoms with Gasteiger partial charge in [0.2, 0.25) is 0 Å². The molecule has 4 unspecified atom stereocenters. The van der Waals surface area contributed by atoms with Gasteiger partial charge in [0.05, 0.1) is 11.3 Å². The summed E-state index contributed by atoms with van der Waals surface area (Å²) in [6.07, 6.45) is 3.09. The minimum atomic E-state index is 0.0736. The molecule has 5 rings (SSSR count). The lowest BCUT2D eigenvalue weighted by atomic mass is 9.64. The lowest BCUT2D eigenvalue weighted by Crippen LogP contribution is -2.33. The van der Waals surface area contributed by atoms with Crippen molar-refractivity contribution in [3.05, 3.63) is 81.9 Å². The summed E-state index contributed by atoms with van der Waals surface area (Å²) in [6.45, 7) is 6.30. The van der Waals surface area contributed by atoms with E-state index in [-0.39, 0.29) is 11.6 Å². The molecule has 0 radical (unpaired) electrons. The third-order valence-electron chi connectivity index (χ3n) is 6.75. The lowest BCUT2D eigenvalue weighted by molar-refractivity contribution is 0.191. The van der Waals surface area contributed by atoms with Gasteiger partial charge in [0.15, 0.2) is 0 Å². The standard InChI is InChI=1S/C23H25N3O/c1-15-22(23(27)26-11-7-6-10-21(26)24-15)16(2)25-13-18-12-19(20(18)14-25)17-8-4-3-5-9-17/h3-11,16,18-20H,12-14H2,1-2H3. The number of fused-ring (bicyclic) bond motifs is 2. The van der Waals surface area contributed by atoms with Crippen LogP contribution < -0.4 is 5.56 Å². The zero-order chi connectivity index (χ0) is 18.5. The minimum Gasteiger partial charge on any atom is -0.296 e. The monoisotopic (exact) mass is 359 g/mol. The van der Waals surface area contributed by atoms with E-state index in [0.717, 1.165) is 35.9 Å². The maximum absolute atomic E-state index is 13.1. The van der Waals surface area contributed by atoms with E-state index in [9.17, 15) is 4.79 Å². The summed E-state index contributed by atoms with van der Waals surface area (Å²) in [4.78, 5) is 20.3. The third kappa shape index (κ3) is 2.62. The van der Waals surface area contributed by atoms with Crippen molar-refractivity contribution < 1.29 is 0 Å². The van der Waals surface area contributed by atoms with Crippen LogP contribution in [-0.2, 0) is 0 Å². The molecule has 4 heteroatoms. The molecule has 138 valence electrons. The van der Waals surface area contributed by atoms with Gasteiger partial charge in [0.25, 0.3) is 5.56 Å². The van der Waals surface area contributed by atoms with Crippen LogP contribution in [0, 0.1) is 18.8 Å². The number of pyridine rings is 1. The van der Waals surface area contributed by atoms with Crippen molar-refractivity contribution in [2.24, 2.45) is 11.8 Å². The fourth-order valence-electron chi connectivity index (χ4n) is 5.22. The highest BCUT2D eigenvalue weighted by Crippen LogP contribution is 2.52. The van der Waals surface area contributed by atoms with E-state index < -0.39 is 0 Å². The third-order valence-corrected chi connectivity index (χ3v) is 6.75. The van der Waals surface area contributed by atoms with Gasteiger partial charge in [-0.15, -0.1) is 0 Å². The largest absolute Gasteiger partial charge is 0.296 e. The maximum Gasteiger partial charge on any atom is 0.262 e. The van der Waals surface area contributed by atoms with Crippen LogP contribution in [0.2, 0.25) is 0 Å². The highest BCUT2D eigenvalue weighted by molar-refractivity contribution is 5.41. The molecule has 1 aromatic carbocycles. The average Bonchev–Trinajstić information content (AvgIpc) is 2.99. The summed E-state index contributed by atoms with van der Waals surface area (Å²) in [6, 6.07) is 16.7. The molecule has 1 aliphatic heterocycles. The number of benzene rings is 1. The van der Waals surface area contributed by atoms with Gasteiger partial charge in [-0.2, -0.15) is 0 Å². The van der Waals surface area contributed by atoms with E-state index in [1.54, 1.807) is 4.40 Å². The Kier molecular flexibility index (Phi) is 3.90. The van der Waals surface area contributed by atoms with Crippen LogP contribution >= 0.6 is 0 Å². The first-order valence-corrected chi connectivity index (χ1v) is 9.90. The maximum atomic E-state index is 13.1. The molecule has 27 heavy (non-hydrogen) atoms. The second-order valence-corrected chi connectivity index (χ2v) is 8.15. The molecule has 0 spiro atoms. The molecule has 2 aromatic heterocycles. The summed E-state index contributed by atoms with van der Waals surface area (Å²) >= 11 is 0. The van der Waals surface area contributed by atoms with Crippen LogP contribution in [0.5, 0.6) is 0 Å². The van der Waals surface area contributed by atoms with Gasteiger partial charge in [-0.1, -0.05) is 36.4 Å². The Bertz CT molecular complexity index is 1040. The molecule has 1 saturated heterocycles. The molecular formula is C23H25N3O. The molecule has 2 fully saturated rings. The Morgan fingerprint density at radius 3 is 2.67 bits per heavy atom. The highest BCUT2D eigenvalue weighted by atomic mass is 16.1. The first kappa shape index (κ1) is 16.7. The van der Waals surface area contributed by atoms with Crippen LogP contribution in [0.25, 0.3) is 5.65 Å². The summed E-state index contributed by atoms with van der Waals surface area (Å²) < 4.78 is 1.68. The average molecular weight is 359 g/mol. The van der Waals surface area contributed by atoms with Crippen molar-refractivity contribution in [3.63, 3.8) is 0 Å². The van der Waals surface area contributed by atoms with Crippen LogP contribution in [0.1, 0.15) is 42.1 Å². The molecule has 1 aliphatic carbocycles. The number of aromatic nitrogens is 2. The molecule has 0 N–H and O–H groups in total. The number of hydrogen-bond donors (Lipinski definition) is 0. The number of rotatable bonds is 3. The van der Waals surface area contributed by atoms with Gasteiger partial charge < -0.3 is 0 Å². The van der Waals surface area contributed by atoms with Crippen molar-refractivity contribution in [3.8, 4) is 0 Å². The minimum absolute atomic E-state index is 0.0736. The van der Waals surface area contributed by atoms with Gasteiger partial charge in [-0.05, 0) is 55.7 Å². The Morgan fingerprint density at radius 2 is 1.85 bits per heavy atom. The van der Waals surface area contributed by atoms with Gasteiger partial charge >= 0.3 is 0 Å². The second kappa shape index (κ2) is 6.31. The van der Waals surface area contributed by atoms with Crippen LogP contribution in [0.3, 0.4) is 0 Å². The van der Waals surface area contributed by atoms with E-state index >= 15 is 0 Å². The van der Waals surface area contributed by atoms with Crippen molar-refractivity contribution in [1.82, 2.24) is 14.3 Å². The number of nitrogens with zero attached hydrogens (tertiary/aromatic N) is 3. The van der Waals surface area contributed by atoms with Crippen molar-refractivity contribution in [1.29, 1.82) is 0 Å². The first-order chi connectivity index (χ1) is 13.1. The van der Waals surface area contributed by atoms with E-state index in [4.69, 9.17) is 0 Å². The predicted molar refractivity (Wildman–Crippen MR) is 107 cm³/mol. The summed E-state index contributed by atoms with van der Waals surface area (Å²) in [7, 11) is 0. The molecule has 3 heterocycles. The Morgan fingerprint density at radius 1 is 1.07 bits per heavy atom. The zero-order valence-electron chi connectivity index (χ0n) is 15.9. The van der Waals surface area contributed by atoms with Crippen molar-refractivity contribution in [2.75, 3.05) is 13.1 Å². The fourth-order valence-corrected chi connectivity index (χ4v) is 5.22. The van der Waals surface area contributed by atoms with Gasteiger partial charge in [0, 0.05) is 25.3 Å². The summed E-state index contributed by atoms with van der Waals surface area (Å²) in [5.41, 5.74) is 3.97. The first-order valence-electron chi connectivity index (χ1n) is 9.90. The molecule has 3 aromatic rings. The van der Waals surface area contributed by atoms with Crippen molar-refractivity contribution in [2.45, 2.75) is 32.2 Å². The molecular weight excluding hydrogens is 334 g/mol. The highest BCUT2D eigenvalue weighted by Gasteiger charge is 2.48. The quantitative estimate of drug-likeness (QED) is 0.714. The summed E-state index contributed by atoms with van der Waals surface area (Å²) in [5.74, 6) is 2.14. The topological polar surface area (TPSA) is 37.6 Å². The molecule has 2 aliphatic rings. The SMILES string of the molecule is Cc1nc2ccccn2c(=O)c1C(C)N1CC2CC(c3ccccc3)C2C1. The van der Waals surface area contributed by atoms with E-state index in [2.05, 4.69) is 47.1 Å². The van der Waals surface area contributed by atoms with Gasteiger partial charge in [-0.3, -0.25) is 14.1 Å². The lowest BCUT2D eigenvalue weighted by Gasteiger charge is -2.40.